The maximum atomic E-state index is 6.15. The first-order valence-electron chi connectivity index (χ1n) is 10.8. The van der Waals surface area contributed by atoms with Gasteiger partial charge in [-0.05, 0) is 56.4 Å². The molecule has 0 fully saturated rings. The van der Waals surface area contributed by atoms with Gasteiger partial charge in [0.2, 0.25) is 0 Å². The highest BCUT2D eigenvalue weighted by molar-refractivity contribution is 6.02. The Morgan fingerprint density at radius 1 is 0.613 bits per heavy atom. The number of benzene rings is 5. The van der Waals surface area contributed by atoms with Gasteiger partial charge in [0.05, 0.1) is 25.9 Å². The fraction of sp³-hybridized carbons (Fsp3) is 0.172. The third-order valence-corrected chi connectivity index (χ3v) is 5.89. The minimum absolute atomic E-state index is 0.0141. The first kappa shape index (κ1) is 19.7. The lowest BCUT2D eigenvalue weighted by atomic mass is 9.97. The highest BCUT2D eigenvalue weighted by atomic mass is 16.5. The molecule has 2 nitrogen and oxygen atoms in total. The predicted octanol–water partition coefficient (Wildman–Crippen LogP) is 7.27. The molecule has 5 rings (SSSR count). The molecule has 2 heteroatoms. The highest BCUT2D eigenvalue weighted by Crippen LogP contribution is 2.29. The molecule has 0 aliphatic rings. The maximum Gasteiger partial charge on any atom is 0.0785 e. The second kappa shape index (κ2) is 8.89. The summed E-state index contributed by atoms with van der Waals surface area (Å²) in [6, 6.07) is 34.1. The first-order valence-corrected chi connectivity index (χ1v) is 10.8. The van der Waals surface area contributed by atoms with Crippen LogP contribution in [0.4, 0.5) is 0 Å². The fourth-order valence-corrected chi connectivity index (χ4v) is 4.29. The Balaban J connectivity index is 1.27. The Morgan fingerprint density at radius 2 is 1.19 bits per heavy atom. The summed E-state index contributed by atoms with van der Waals surface area (Å²) in [5.74, 6) is 0. The van der Waals surface area contributed by atoms with Crippen LogP contribution in [0.5, 0.6) is 0 Å². The Bertz CT molecular complexity index is 1280. The van der Waals surface area contributed by atoms with Crippen LogP contribution in [-0.2, 0) is 22.7 Å². The van der Waals surface area contributed by atoms with E-state index in [1.807, 2.05) is 0 Å². The van der Waals surface area contributed by atoms with Gasteiger partial charge in [0.25, 0.3) is 0 Å². The second-order valence-corrected chi connectivity index (χ2v) is 8.07. The molecule has 5 aromatic carbocycles. The van der Waals surface area contributed by atoms with E-state index in [-0.39, 0.29) is 6.10 Å². The summed E-state index contributed by atoms with van der Waals surface area (Å²) >= 11 is 0. The number of rotatable bonds is 7. The smallest absolute Gasteiger partial charge is 0.0785 e. The van der Waals surface area contributed by atoms with Gasteiger partial charge in [0.15, 0.2) is 0 Å². The molecule has 1 atom stereocenters. The van der Waals surface area contributed by atoms with E-state index in [4.69, 9.17) is 9.47 Å². The number of hydrogen-bond acceptors (Lipinski definition) is 2. The average Bonchev–Trinajstić information content (AvgIpc) is 2.82. The van der Waals surface area contributed by atoms with Crippen molar-refractivity contribution in [1.82, 2.24) is 0 Å². The summed E-state index contributed by atoms with van der Waals surface area (Å²) in [6.45, 7) is 3.79. The van der Waals surface area contributed by atoms with Crippen LogP contribution in [0, 0.1) is 0 Å². The molecule has 31 heavy (non-hydrogen) atoms. The lowest BCUT2D eigenvalue weighted by Gasteiger charge is -2.16. The van der Waals surface area contributed by atoms with Crippen molar-refractivity contribution in [2.24, 2.45) is 0 Å². The van der Waals surface area contributed by atoms with Crippen LogP contribution < -0.4 is 0 Å². The molecule has 154 valence electrons. The van der Waals surface area contributed by atoms with Gasteiger partial charge >= 0.3 is 0 Å². The van der Waals surface area contributed by atoms with E-state index < -0.39 is 0 Å². The SMILES string of the molecule is CC(COCc1c2ccccc2cc2ccccc12)OCc1cccc2ccccc12. The molecular weight excluding hydrogens is 380 g/mol. The summed E-state index contributed by atoms with van der Waals surface area (Å²) in [5, 5.41) is 7.51. The Labute approximate surface area is 183 Å². The van der Waals surface area contributed by atoms with E-state index in [1.54, 1.807) is 0 Å². The second-order valence-electron chi connectivity index (χ2n) is 8.07. The lowest BCUT2D eigenvalue weighted by Crippen LogP contribution is -2.16. The van der Waals surface area contributed by atoms with E-state index in [0.29, 0.717) is 19.8 Å². The molecule has 0 saturated carbocycles. The van der Waals surface area contributed by atoms with Gasteiger partial charge in [-0.2, -0.15) is 0 Å². The zero-order valence-electron chi connectivity index (χ0n) is 17.8. The standard InChI is InChI=1S/C29H26O2/c1-21(31-19-25-13-8-12-22-9-2-5-14-26(22)25)18-30-20-29-27-15-6-3-10-23(27)17-24-11-4-7-16-28(24)29/h2-17,21H,18-20H2,1H3. The minimum Gasteiger partial charge on any atom is -0.374 e. The van der Waals surface area contributed by atoms with Crippen LogP contribution in [0.2, 0.25) is 0 Å². The minimum atomic E-state index is 0.0141. The van der Waals surface area contributed by atoms with E-state index >= 15 is 0 Å². The van der Waals surface area contributed by atoms with Crippen LogP contribution in [0.15, 0.2) is 97.1 Å². The Hall–Kier alpha value is -3.20. The summed E-state index contributed by atoms with van der Waals surface area (Å²) in [6.07, 6.45) is 0.0141. The van der Waals surface area contributed by atoms with Crippen LogP contribution in [0.25, 0.3) is 32.3 Å². The van der Waals surface area contributed by atoms with Gasteiger partial charge in [0, 0.05) is 0 Å². The van der Waals surface area contributed by atoms with Crippen molar-refractivity contribution in [2.75, 3.05) is 6.61 Å². The van der Waals surface area contributed by atoms with Gasteiger partial charge in [-0.3, -0.25) is 0 Å². The van der Waals surface area contributed by atoms with Crippen LogP contribution in [0.3, 0.4) is 0 Å². The topological polar surface area (TPSA) is 18.5 Å². The Kier molecular flexibility index (Phi) is 5.66. The molecule has 0 spiro atoms. The normalized spacial score (nSPS) is 12.5. The molecule has 0 bridgehead atoms. The van der Waals surface area contributed by atoms with Crippen molar-refractivity contribution in [1.29, 1.82) is 0 Å². The third-order valence-electron chi connectivity index (χ3n) is 5.89. The monoisotopic (exact) mass is 406 g/mol. The van der Waals surface area contributed by atoms with E-state index in [9.17, 15) is 0 Å². The van der Waals surface area contributed by atoms with Crippen molar-refractivity contribution in [3.8, 4) is 0 Å². The zero-order chi connectivity index (χ0) is 21.0. The summed E-state index contributed by atoms with van der Waals surface area (Å²) in [5.41, 5.74) is 2.46. The summed E-state index contributed by atoms with van der Waals surface area (Å²) in [4.78, 5) is 0. The van der Waals surface area contributed by atoms with Crippen molar-refractivity contribution in [2.45, 2.75) is 26.2 Å². The van der Waals surface area contributed by atoms with E-state index in [2.05, 4.69) is 104 Å². The van der Waals surface area contributed by atoms with Crippen molar-refractivity contribution in [3.05, 3.63) is 108 Å². The molecular formula is C29H26O2. The fourth-order valence-electron chi connectivity index (χ4n) is 4.29. The van der Waals surface area contributed by atoms with Crippen LogP contribution >= 0.6 is 0 Å². The summed E-state index contributed by atoms with van der Waals surface area (Å²) in [7, 11) is 0. The molecule has 5 aromatic rings. The quantitative estimate of drug-likeness (QED) is 0.265. The highest BCUT2D eigenvalue weighted by Gasteiger charge is 2.10. The van der Waals surface area contributed by atoms with Crippen molar-refractivity contribution < 1.29 is 9.47 Å². The maximum absolute atomic E-state index is 6.15. The van der Waals surface area contributed by atoms with Crippen LogP contribution in [0.1, 0.15) is 18.1 Å². The molecule has 1 unspecified atom stereocenters. The molecule has 0 aromatic heterocycles. The molecule has 0 aliphatic heterocycles. The van der Waals surface area contributed by atoms with Gasteiger partial charge < -0.3 is 9.47 Å². The predicted molar refractivity (Wildman–Crippen MR) is 129 cm³/mol. The largest absolute Gasteiger partial charge is 0.374 e. The third kappa shape index (κ3) is 4.18. The van der Waals surface area contributed by atoms with Crippen LogP contribution in [-0.4, -0.2) is 12.7 Å². The zero-order valence-corrected chi connectivity index (χ0v) is 17.8. The molecule has 0 amide bonds. The van der Waals surface area contributed by atoms with Gasteiger partial charge in [-0.1, -0.05) is 91.0 Å². The lowest BCUT2D eigenvalue weighted by molar-refractivity contribution is -0.0190. The van der Waals surface area contributed by atoms with Crippen molar-refractivity contribution >= 4 is 32.3 Å². The van der Waals surface area contributed by atoms with Gasteiger partial charge in [-0.15, -0.1) is 0 Å². The van der Waals surface area contributed by atoms with Gasteiger partial charge in [-0.25, -0.2) is 0 Å². The molecule has 0 N–H and O–H groups in total. The average molecular weight is 407 g/mol. The molecule has 0 saturated heterocycles. The van der Waals surface area contributed by atoms with Gasteiger partial charge in [0.1, 0.15) is 0 Å². The summed E-state index contributed by atoms with van der Waals surface area (Å²) < 4.78 is 12.3. The number of fused-ring (bicyclic) bond motifs is 3. The molecule has 0 heterocycles. The first-order chi connectivity index (χ1) is 15.3. The molecule has 0 radical (unpaired) electrons. The number of ether oxygens (including phenoxy) is 2. The van der Waals surface area contributed by atoms with E-state index in [0.717, 1.165) is 0 Å². The van der Waals surface area contributed by atoms with E-state index in [1.165, 1.54) is 43.4 Å². The number of hydrogen-bond donors (Lipinski definition) is 0. The Morgan fingerprint density at radius 3 is 1.90 bits per heavy atom. The molecule has 0 aliphatic carbocycles. The van der Waals surface area contributed by atoms with Crippen molar-refractivity contribution in [3.63, 3.8) is 0 Å².